The summed E-state index contributed by atoms with van der Waals surface area (Å²) >= 11 is 0. The smallest absolute Gasteiger partial charge is 0.746 e. The van der Waals surface area contributed by atoms with E-state index in [2.05, 4.69) is 0 Å². The summed E-state index contributed by atoms with van der Waals surface area (Å²) in [5.74, 6) is -21.3. The Kier molecular flexibility index (Phi) is 9.03. The third-order valence-corrected chi connectivity index (χ3v) is 3.05. The topological polar surface area (TPSA) is 57.2 Å². The van der Waals surface area contributed by atoms with E-state index in [1.807, 2.05) is 0 Å². The molecule has 0 saturated carbocycles. The van der Waals surface area contributed by atoms with Gasteiger partial charge in [-0.2, -0.15) is 26.3 Å². The van der Waals surface area contributed by atoms with E-state index in [4.69, 9.17) is 0 Å². The van der Waals surface area contributed by atoms with E-state index in [-0.39, 0.29) is 51.4 Å². The zero-order chi connectivity index (χ0) is 18.3. The first-order valence-electron chi connectivity index (χ1n) is 4.70. The Bertz CT molecular complexity index is 496. The first-order valence-corrected chi connectivity index (χ1v) is 6.18. The van der Waals surface area contributed by atoms with E-state index in [0.29, 0.717) is 0 Å². The fourth-order valence-corrected chi connectivity index (χ4v) is 1.56. The minimum absolute atomic E-state index is 0. The molecular formula is C7H4F11KO3S. The third-order valence-electron chi connectivity index (χ3n) is 2.24. The average Bonchev–Trinajstić information content (AvgIpc) is 2.33. The van der Waals surface area contributed by atoms with Gasteiger partial charge in [0.2, 0.25) is 6.17 Å². The molecule has 0 aliphatic carbocycles. The van der Waals surface area contributed by atoms with Crippen LogP contribution in [0.5, 0.6) is 0 Å². The van der Waals surface area contributed by atoms with E-state index in [1.54, 1.807) is 0 Å². The minimum Gasteiger partial charge on any atom is -0.746 e. The van der Waals surface area contributed by atoms with Crippen molar-refractivity contribution in [2.24, 2.45) is 0 Å². The number of rotatable bonds is 7. The SMILES string of the molecule is O=S(=O)([O-])C(F)C(F)(F)C(F)(F)C(F)(F)C(F)C(F)C(F)F.[K+]. The largest absolute Gasteiger partial charge is 1.00 e. The molecule has 0 spiro atoms. The normalized spacial score (nSPS) is 18.3. The molecule has 3 nitrogen and oxygen atoms in total. The van der Waals surface area contributed by atoms with E-state index in [1.165, 1.54) is 0 Å². The van der Waals surface area contributed by atoms with Crippen LogP contribution in [0.4, 0.5) is 48.3 Å². The minimum atomic E-state index is -7.31. The Labute approximate surface area is 163 Å². The molecule has 0 bridgehead atoms. The molecule has 0 heterocycles. The van der Waals surface area contributed by atoms with Crippen LogP contribution in [0.15, 0.2) is 0 Å². The van der Waals surface area contributed by atoms with E-state index < -0.39 is 52.2 Å². The van der Waals surface area contributed by atoms with E-state index >= 15 is 0 Å². The Morgan fingerprint density at radius 1 is 0.783 bits per heavy atom. The van der Waals surface area contributed by atoms with Crippen LogP contribution in [0.2, 0.25) is 0 Å². The van der Waals surface area contributed by atoms with Crippen LogP contribution < -0.4 is 51.4 Å². The molecule has 3 unspecified atom stereocenters. The van der Waals surface area contributed by atoms with Crippen LogP contribution in [0.25, 0.3) is 0 Å². The summed E-state index contributed by atoms with van der Waals surface area (Å²) in [5, 5.41) is 0. The summed E-state index contributed by atoms with van der Waals surface area (Å²) in [7, 11) is -6.91. The number of alkyl halides is 11. The van der Waals surface area contributed by atoms with Crippen molar-refractivity contribution in [3.63, 3.8) is 0 Å². The van der Waals surface area contributed by atoms with Gasteiger partial charge >= 0.3 is 69.2 Å². The third kappa shape index (κ3) is 4.90. The fraction of sp³-hybridized carbons (Fsp3) is 1.00. The molecule has 0 saturated heterocycles. The van der Waals surface area contributed by atoms with Crippen molar-refractivity contribution in [1.29, 1.82) is 0 Å². The predicted molar refractivity (Wildman–Crippen MR) is 45.2 cm³/mol. The molecule has 0 amide bonds. The Morgan fingerprint density at radius 2 is 1.13 bits per heavy atom. The van der Waals surface area contributed by atoms with Crippen LogP contribution in [0.1, 0.15) is 0 Å². The van der Waals surface area contributed by atoms with E-state index in [0.717, 1.165) is 0 Å². The van der Waals surface area contributed by atoms with Crippen molar-refractivity contribution >= 4 is 10.1 Å². The Morgan fingerprint density at radius 3 is 1.39 bits per heavy atom. The number of hydrogen-bond donors (Lipinski definition) is 0. The fourth-order valence-electron chi connectivity index (χ4n) is 1.05. The Balaban J connectivity index is 0. The van der Waals surface area contributed by atoms with Crippen LogP contribution in [-0.4, -0.2) is 55.0 Å². The summed E-state index contributed by atoms with van der Waals surface area (Å²) in [6, 6.07) is 0. The summed E-state index contributed by atoms with van der Waals surface area (Å²) < 4.78 is 167. The van der Waals surface area contributed by atoms with Crippen LogP contribution in [0, 0.1) is 0 Å². The summed E-state index contributed by atoms with van der Waals surface area (Å²) in [5.41, 5.74) is -5.46. The maximum atomic E-state index is 12.8. The van der Waals surface area contributed by atoms with Gasteiger partial charge in [0.25, 0.3) is 11.9 Å². The van der Waals surface area contributed by atoms with Crippen molar-refractivity contribution in [2.45, 2.75) is 42.0 Å². The van der Waals surface area contributed by atoms with Gasteiger partial charge < -0.3 is 4.55 Å². The first kappa shape index (κ1) is 26.0. The van der Waals surface area contributed by atoms with Gasteiger partial charge in [0, 0.05) is 0 Å². The molecule has 0 radical (unpaired) electrons. The molecule has 0 aromatic rings. The van der Waals surface area contributed by atoms with Gasteiger partial charge in [-0.25, -0.2) is 30.4 Å². The molecule has 0 N–H and O–H groups in total. The summed E-state index contributed by atoms with van der Waals surface area (Å²) in [4.78, 5) is 0. The second-order valence-corrected chi connectivity index (χ2v) is 5.21. The van der Waals surface area contributed by atoms with Gasteiger partial charge in [-0.1, -0.05) is 0 Å². The van der Waals surface area contributed by atoms with Crippen molar-refractivity contribution in [2.75, 3.05) is 0 Å². The molecule has 23 heavy (non-hydrogen) atoms. The van der Waals surface area contributed by atoms with Gasteiger partial charge in [0.1, 0.15) is 10.1 Å². The van der Waals surface area contributed by atoms with Crippen LogP contribution in [0.3, 0.4) is 0 Å². The molecule has 3 atom stereocenters. The summed E-state index contributed by atoms with van der Waals surface area (Å²) in [6.07, 6.45) is -14.5. The Hall–Kier alpha value is 0.776. The maximum absolute atomic E-state index is 12.8. The van der Waals surface area contributed by atoms with Gasteiger partial charge in [-0.3, -0.25) is 0 Å². The van der Waals surface area contributed by atoms with E-state index in [9.17, 15) is 61.3 Å². The first-order chi connectivity index (χ1) is 9.42. The van der Waals surface area contributed by atoms with Gasteiger partial charge in [0.05, 0.1) is 0 Å². The molecule has 0 aromatic heterocycles. The monoisotopic (exact) mass is 416 g/mol. The zero-order valence-electron chi connectivity index (χ0n) is 10.6. The van der Waals surface area contributed by atoms with Gasteiger partial charge in [0.15, 0.2) is 6.17 Å². The number of hydrogen-bond acceptors (Lipinski definition) is 3. The quantitative estimate of drug-likeness (QED) is 0.325. The standard InChI is InChI=1S/C7H5F11O3S.K/c8-1(3(10)11)2(9)5(13,14)7(17,18)6(15,16)4(12)22(19,20)21;/h1-4H,(H,19,20,21);/q;+1/p-1. The second kappa shape index (κ2) is 7.99. The van der Waals surface area contributed by atoms with Crippen molar-refractivity contribution in [3.05, 3.63) is 0 Å². The summed E-state index contributed by atoms with van der Waals surface area (Å²) in [6.45, 7) is 0. The molecule has 0 aromatic carbocycles. The van der Waals surface area contributed by atoms with Gasteiger partial charge in [-0.05, 0) is 0 Å². The van der Waals surface area contributed by atoms with Crippen LogP contribution >= 0.6 is 0 Å². The second-order valence-electron chi connectivity index (χ2n) is 3.81. The van der Waals surface area contributed by atoms with Crippen molar-refractivity contribution < 1.29 is 113 Å². The maximum Gasteiger partial charge on any atom is 1.00 e. The molecule has 134 valence electrons. The molecule has 0 fully saturated rings. The molecule has 16 heteroatoms. The number of halogens is 11. The van der Waals surface area contributed by atoms with Crippen molar-refractivity contribution in [3.8, 4) is 0 Å². The molecule has 0 aliphatic heterocycles. The predicted octanol–water partition coefficient (Wildman–Crippen LogP) is -0.322. The molecule has 0 rings (SSSR count). The van der Waals surface area contributed by atoms with Crippen molar-refractivity contribution in [1.82, 2.24) is 0 Å². The van der Waals surface area contributed by atoms with Gasteiger partial charge in [-0.15, -0.1) is 0 Å². The molecular weight excluding hydrogens is 412 g/mol. The molecule has 0 aliphatic rings. The van der Waals surface area contributed by atoms with Crippen LogP contribution in [-0.2, 0) is 10.1 Å². The average molecular weight is 416 g/mol. The zero-order valence-corrected chi connectivity index (χ0v) is 14.5.